The van der Waals surface area contributed by atoms with Crippen molar-refractivity contribution >= 4 is 17.6 Å². The number of ether oxygens (including phenoxy) is 2. The number of carbonyl (C=O) groups is 2. The van der Waals surface area contributed by atoms with Gasteiger partial charge in [-0.25, -0.2) is 9.48 Å². The third-order valence-corrected chi connectivity index (χ3v) is 6.84. The Kier molecular flexibility index (Phi) is 8.29. The van der Waals surface area contributed by atoms with Crippen LogP contribution in [0.1, 0.15) is 54.1 Å². The second-order valence-corrected chi connectivity index (χ2v) is 10.9. The average Bonchev–Trinajstić information content (AvgIpc) is 3.37. The lowest BCUT2D eigenvalue weighted by molar-refractivity contribution is 0.0691. The third kappa shape index (κ3) is 6.59. The van der Waals surface area contributed by atoms with Crippen LogP contribution in [0.15, 0.2) is 103 Å². The Morgan fingerprint density at radius 1 is 0.814 bits per heavy atom. The number of nitrogens with zero attached hydrogens (tertiary/aromatic N) is 2. The molecule has 0 unspecified atom stereocenters. The van der Waals surface area contributed by atoms with E-state index < -0.39 is 11.9 Å². The minimum atomic E-state index is -1.27. The largest absolute Gasteiger partial charge is 0.494 e. The highest BCUT2D eigenvalue weighted by Gasteiger charge is 2.27. The number of benzene rings is 4. The van der Waals surface area contributed by atoms with Crippen LogP contribution in [0.2, 0.25) is 0 Å². The summed E-state index contributed by atoms with van der Waals surface area (Å²) in [6, 6.07) is 31.0. The van der Waals surface area contributed by atoms with Crippen molar-refractivity contribution < 1.29 is 24.2 Å². The molecule has 0 atom stereocenters. The predicted molar refractivity (Wildman–Crippen MR) is 167 cm³/mol. The molecule has 43 heavy (non-hydrogen) atoms. The monoisotopic (exact) mass is 575 g/mol. The lowest BCUT2D eigenvalue weighted by Crippen LogP contribution is -2.16. The molecular weight excluding hydrogens is 542 g/mol. The molecule has 5 aromatic rings. The van der Waals surface area contributed by atoms with Crippen LogP contribution in [0.4, 0.5) is 5.69 Å². The molecule has 218 valence electrons. The first-order valence-electron chi connectivity index (χ1n) is 14.0. The Morgan fingerprint density at radius 3 is 2.00 bits per heavy atom. The third-order valence-electron chi connectivity index (χ3n) is 6.84. The summed E-state index contributed by atoms with van der Waals surface area (Å²) in [5.74, 6) is 0.255. The van der Waals surface area contributed by atoms with Crippen LogP contribution in [-0.4, -0.2) is 33.4 Å². The molecule has 1 aromatic heterocycles. The smallest absolute Gasteiger partial charge is 0.358 e. The second-order valence-electron chi connectivity index (χ2n) is 10.9. The number of hydrogen-bond acceptors (Lipinski definition) is 5. The van der Waals surface area contributed by atoms with Crippen molar-refractivity contribution in [2.45, 2.75) is 33.1 Å². The van der Waals surface area contributed by atoms with E-state index in [1.165, 1.54) is 4.68 Å². The molecule has 0 fully saturated rings. The van der Waals surface area contributed by atoms with Crippen LogP contribution in [0.5, 0.6) is 17.2 Å². The number of carboxylic acid groups (broad SMARTS) is 1. The summed E-state index contributed by atoms with van der Waals surface area (Å²) in [6.07, 6.45) is 0. The molecule has 8 heteroatoms. The van der Waals surface area contributed by atoms with Gasteiger partial charge in [0.05, 0.1) is 18.0 Å². The van der Waals surface area contributed by atoms with E-state index in [4.69, 9.17) is 9.47 Å². The Hall–Kier alpha value is -5.37. The molecule has 1 heterocycles. The van der Waals surface area contributed by atoms with Gasteiger partial charge in [0, 0.05) is 11.1 Å². The van der Waals surface area contributed by atoms with E-state index in [1.807, 2.05) is 61.5 Å². The van der Waals surface area contributed by atoms with Crippen LogP contribution in [0, 0.1) is 0 Å². The van der Waals surface area contributed by atoms with Gasteiger partial charge in [0.15, 0.2) is 5.69 Å². The van der Waals surface area contributed by atoms with E-state index in [-0.39, 0.29) is 16.8 Å². The zero-order chi connectivity index (χ0) is 30.6. The van der Waals surface area contributed by atoms with Crippen molar-refractivity contribution in [2.24, 2.45) is 0 Å². The van der Waals surface area contributed by atoms with Gasteiger partial charge in [-0.1, -0.05) is 51.1 Å². The van der Waals surface area contributed by atoms with Gasteiger partial charge in [-0.05, 0) is 90.7 Å². The van der Waals surface area contributed by atoms with Crippen LogP contribution in [0.3, 0.4) is 0 Å². The standard InChI is InChI=1S/C35H33N3O5/c1-5-42-27-19-13-23(14-20-27)32-30(36-33(39)24-11-15-25(16-12-24)35(2,3)4)31(34(40)41)37-38(32)26-17-21-29(22-18-26)43-28-9-7-6-8-10-28/h6-22H,5H2,1-4H3,(H,36,39)(H,40,41). The summed E-state index contributed by atoms with van der Waals surface area (Å²) in [5, 5.41) is 17.5. The molecule has 0 radical (unpaired) electrons. The molecule has 0 saturated heterocycles. The Balaban J connectivity index is 1.57. The number of aromatic carboxylic acids is 1. The number of para-hydroxylation sites is 1. The number of anilines is 1. The van der Waals surface area contributed by atoms with E-state index in [0.717, 1.165) is 5.56 Å². The molecule has 5 rings (SSSR count). The van der Waals surface area contributed by atoms with Crippen molar-refractivity contribution in [1.82, 2.24) is 9.78 Å². The van der Waals surface area contributed by atoms with Crippen molar-refractivity contribution in [3.8, 4) is 34.2 Å². The van der Waals surface area contributed by atoms with Crippen LogP contribution in [0.25, 0.3) is 16.9 Å². The van der Waals surface area contributed by atoms with E-state index in [0.29, 0.717) is 46.4 Å². The summed E-state index contributed by atoms with van der Waals surface area (Å²) in [7, 11) is 0. The molecule has 0 aliphatic carbocycles. The number of rotatable bonds is 9. The number of amides is 1. The Morgan fingerprint density at radius 2 is 1.42 bits per heavy atom. The van der Waals surface area contributed by atoms with Gasteiger partial charge < -0.3 is 19.9 Å². The van der Waals surface area contributed by atoms with E-state index in [2.05, 4.69) is 31.2 Å². The van der Waals surface area contributed by atoms with Gasteiger partial charge in [0.25, 0.3) is 5.91 Å². The number of nitrogens with one attached hydrogen (secondary N) is 1. The minimum Gasteiger partial charge on any atom is -0.494 e. The fourth-order valence-electron chi connectivity index (χ4n) is 4.60. The predicted octanol–water partition coefficient (Wildman–Crippen LogP) is 7.98. The van der Waals surface area contributed by atoms with Gasteiger partial charge >= 0.3 is 5.97 Å². The van der Waals surface area contributed by atoms with Crippen LogP contribution in [-0.2, 0) is 5.41 Å². The van der Waals surface area contributed by atoms with E-state index >= 15 is 0 Å². The summed E-state index contributed by atoms with van der Waals surface area (Å²) in [4.78, 5) is 25.9. The van der Waals surface area contributed by atoms with Crippen LogP contribution < -0.4 is 14.8 Å². The SMILES string of the molecule is CCOc1ccc(-c2c(NC(=O)c3ccc(C(C)(C)C)cc3)c(C(=O)O)nn2-c2ccc(Oc3ccccc3)cc2)cc1. The maximum absolute atomic E-state index is 13.5. The van der Waals surface area contributed by atoms with E-state index in [9.17, 15) is 14.7 Å². The maximum Gasteiger partial charge on any atom is 0.358 e. The van der Waals surface area contributed by atoms with Crippen molar-refractivity contribution in [3.05, 3.63) is 120 Å². The molecule has 8 nitrogen and oxygen atoms in total. The van der Waals surface area contributed by atoms with Crippen molar-refractivity contribution in [2.75, 3.05) is 11.9 Å². The van der Waals surface area contributed by atoms with Gasteiger partial charge in [0.1, 0.15) is 22.9 Å². The van der Waals surface area contributed by atoms with Gasteiger partial charge in [0.2, 0.25) is 0 Å². The summed E-state index contributed by atoms with van der Waals surface area (Å²) in [6.45, 7) is 8.69. The number of hydrogen-bond donors (Lipinski definition) is 2. The molecule has 4 aromatic carbocycles. The zero-order valence-corrected chi connectivity index (χ0v) is 24.5. The maximum atomic E-state index is 13.5. The molecule has 0 spiro atoms. The number of carboxylic acids is 1. The number of aromatic nitrogens is 2. The minimum absolute atomic E-state index is 0.0743. The highest BCUT2D eigenvalue weighted by atomic mass is 16.5. The molecule has 0 aliphatic heterocycles. The number of carbonyl (C=O) groups excluding carboxylic acids is 1. The summed E-state index contributed by atoms with van der Waals surface area (Å²) < 4.78 is 13.0. The lowest BCUT2D eigenvalue weighted by Gasteiger charge is -2.19. The summed E-state index contributed by atoms with van der Waals surface area (Å²) in [5.41, 5.74) is 2.86. The molecule has 2 N–H and O–H groups in total. The first kappa shape index (κ1) is 29.1. The summed E-state index contributed by atoms with van der Waals surface area (Å²) >= 11 is 0. The highest BCUT2D eigenvalue weighted by molar-refractivity contribution is 6.10. The van der Waals surface area contributed by atoms with Crippen molar-refractivity contribution in [1.29, 1.82) is 0 Å². The molecule has 0 saturated carbocycles. The first-order valence-corrected chi connectivity index (χ1v) is 14.0. The zero-order valence-electron chi connectivity index (χ0n) is 24.5. The molecule has 0 bridgehead atoms. The van der Waals surface area contributed by atoms with Crippen LogP contribution >= 0.6 is 0 Å². The van der Waals surface area contributed by atoms with Gasteiger partial charge in [-0.15, -0.1) is 0 Å². The van der Waals surface area contributed by atoms with E-state index in [1.54, 1.807) is 48.5 Å². The topological polar surface area (TPSA) is 103 Å². The highest BCUT2D eigenvalue weighted by Crippen LogP contribution is 2.36. The lowest BCUT2D eigenvalue weighted by atomic mass is 9.86. The van der Waals surface area contributed by atoms with Gasteiger partial charge in [-0.3, -0.25) is 4.79 Å². The quantitative estimate of drug-likeness (QED) is 0.185. The molecule has 0 aliphatic rings. The van der Waals surface area contributed by atoms with Crippen molar-refractivity contribution in [3.63, 3.8) is 0 Å². The normalized spacial score (nSPS) is 11.2. The fraction of sp³-hybridized carbons (Fsp3) is 0.171. The molecular formula is C35H33N3O5. The Bertz CT molecular complexity index is 1720. The van der Waals surface area contributed by atoms with Gasteiger partial charge in [-0.2, -0.15) is 5.10 Å². The Labute approximate surface area is 250 Å². The second kappa shape index (κ2) is 12.2. The molecule has 1 amide bonds. The average molecular weight is 576 g/mol. The first-order chi connectivity index (χ1) is 20.6. The fourth-order valence-corrected chi connectivity index (χ4v) is 4.60.